The van der Waals surface area contributed by atoms with Gasteiger partial charge in [-0.2, -0.15) is 0 Å². The molecule has 4 heteroatoms. The van der Waals surface area contributed by atoms with E-state index in [2.05, 4.69) is 114 Å². The summed E-state index contributed by atoms with van der Waals surface area (Å²) < 4.78 is 0. The molecular weight excluding hydrogens is 573 g/mol. The Labute approximate surface area is 279 Å². The van der Waals surface area contributed by atoms with Crippen molar-refractivity contribution in [1.82, 2.24) is 19.9 Å². The number of H-pyrrole nitrogens is 2. The average molecular weight is 623 g/mol. The highest BCUT2D eigenvalue weighted by atomic mass is 14.8. The number of nitrogens with zero attached hydrogens (tertiary/aromatic N) is 2. The number of rotatable bonds is 8. The Morgan fingerprint density at radius 3 is 1.70 bits per heavy atom. The monoisotopic (exact) mass is 622 g/mol. The van der Waals surface area contributed by atoms with Crippen LogP contribution in [0, 0.1) is 0 Å². The fourth-order valence-corrected chi connectivity index (χ4v) is 9.02. The number of fused-ring (bicyclic) bond motifs is 10. The van der Waals surface area contributed by atoms with Crippen LogP contribution in [-0.2, 0) is 31.1 Å². The Morgan fingerprint density at radius 2 is 1.13 bits per heavy atom. The van der Waals surface area contributed by atoms with Crippen molar-refractivity contribution >= 4 is 54.9 Å². The van der Waals surface area contributed by atoms with Crippen LogP contribution >= 0.6 is 0 Å². The molecule has 0 unspecified atom stereocenters. The van der Waals surface area contributed by atoms with Gasteiger partial charge in [-0.05, 0) is 125 Å². The minimum absolute atomic E-state index is 0.164. The summed E-state index contributed by atoms with van der Waals surface area (Å²) in [5.41, 5.74) is 18.8. The molecule has 242 valence electrons. The van der Waals surface area contributed by atoms with Gasteiger partial charge in [-0.3, -0.25) is 4.98 Å². The fraction of sp³-hybridized carbons (Fsp3) is 0.395. The first-order valence-corrected chi connectivity index (χ1v) is 18.3. The number of aryl methyl sites for hydroxylation is 4. The molecule has 0 spiro atoms. The number of hydrogen-bond acceptors (Lipinski definition) is 2. The highest BCUT2D eigenvalue weighted by Crippen LogP contribution is 2.48. The van der Waals surface area contributed by atoms with Gasteiger partial charge in [0.25, 0.3) is 0 Å². The summed E-state index contributed by atoms with van der Waals surface area (Å²) in [6, 6.07) is 18.5. The molecule has 8 bridgehead atoms. The molecule has 2 N–H and O–H groups in total. The molecule has 2 aliphatic heterocycles. The van der Waals surface area contributed by atoms with Gasteiger partial charge in [-0.15, -0.1) is 0 Å². The molecule has 0 amide bonds. The molecule has 2 aromatic carbocycles. The number of hydrogen-bond donors (Lipinski definition) is 2. The summed E-state index contributed by atoms with van der Waals surface area (Å²) in [6.45, 7) is 18.4. The van der Waals surface area contributed by atoms with Gasteiger partial charge in [0.1, 0.15) is 0 Å². The van der Waals surface area contributed by atoms with Gasteiger partial charge >= 0.3 is 0 Å². The molecule has 3 aromatic heterocycles. The molecular formula is C43H50N4. The lowest BCUT2D eigenvalue weighted by molar-refractivity contribution is 0.483. The fourth-order valence-electron chi connectivity index (χ4n) is 9.02. The van der Waals surface area contributed by atoms with Crippen molar-refractivity contribution in [2.75, 3.05) is 0 Å². The van der Waals surface area contributed by atoms with Crippen molar-refractivity contribution in [3.8, 4) is 0 Å². The molecule has 7 rings (SSSR count). The van der Waals surface area contributed by atoms with Crippen LogP contribution in [0.2, 0.25) is 0 Å². The van der Waals surface area contributed by atoms with Crippen LogP contribution in [0.1, 0.15) is 126 Å². The van der Waals surface area contributed by atoms with Crippen LogP contribution in [0.15, 0.2) is 48.5 Å². The summed E-state index contributed by atoms with van der Waals surface area (Å²) in [5.74, 6) is 0. The Morgan fingerprint density at radius 1 is 0.574 bits per heavy atom. The maximum Gasteiger partial charge on any atom is 0.0774 e. The number of aromatic amines is 2. The quantitative estimate of drug-likeness (QED) is 0.181. The molecule has 5 aromatic rings. The summed E-state index contributed by atoms with van der Waals surface area (Å²) >= 11 is 0. The first-order chi connectivity index (χ1) is 22.9. The molecule has 2 aliphatic rings. The molecule has 0 fully saturated rings. The van der Waals surface area contributed by atoms with E-state index < -0.39 is 0 Å². The number of nitrogens with one attached hydrogen (secondary N) is 2. The van der Waals surface area contributed by atoms with Crippen LogP contribution in [-0.4, -0.2) is 19.9 Å². The lowest BCUT2D eigenvalue weighted by Crippen LogP contribution is -2.23. The van der Waals surface area contributed by atoms with E-state index in [-0.39, 0.29) is 5.41 Å². The lowest BCUT2D eigenvalue weighted by atomic mass is 9.73. The standard InChI is InChI=1S/C43H50N4/c1-9-26-27(10-2)36-23-37-30(13-5)31(14-6)41(46-37)40-32-20-18-17-19-25(32)21-33-42(40)47-39(43(33,15-7)16-8)24-38-29(12-4)28(11-3)35(45-38)22-34(26)44-36/h17-24,45-46H,9-16H2,1-8H3. The number of benzene rings is 2. The maximum atomic E-state index is 5.69. The first-order valence-electron chi connectivity index (χ1n) is 18.3. The molecule has 0 saturated carbocycles. The van der Waals surface area contributed by atoms with Gasteiger partial charge in [0.05, 0.1) is 28.1 Å². The smallest absolute Gasteiger partial charge is 0.0774 e. The van der Waals surface area contributed by atoms with Gasteiger partial charge in [0, 0.05) is 27.4 Å². The van der Waals surface area contributed by atoms with E-state index in [1.807, 2.05) is 0 Å². The third-order valence-electron chi connectivity index (χ3n) is 11.4. The first kappa shape index (κ1) is 31.4. The molecule has 0 saturated heterocycles. The Kier molecular flexibility index (Phi) is 8.10. The Balaban J connectivity index is 1.81. The minimum Gasteiger partial charge on any atom is -0.355 e. The van der Waals surface area contributed by atoms with Crippen molar-refractivity contribution in [3.63, 3.8) is 0 Å². The molecule has 0 aliphatic carbocycles. The van der Waals surface area contributed by atoms with Crippen molar-refractivity contribution in [1.29, 1.82) is 0 Å². The van der Waals surface area contributed by atoms with E-state index in [4.69, 9.17) is 9.97 Å². The highest BCUT2D eigenvalue weighted by Gasteiger charge is 2.39. The normalized spacial score (nSPS) is 14.3. The topological polar surface area (TPSA) is 57.4 Å². The second-order valence-electron chi connectivity index (χ2n) is 13.3. The summed E-state index contributed by atoms with van der Waals surface area (Å²) in [6.07, 6.45) is 7.77. The van der Waals surface area contributed by atoms with Crippen LogP contribution in [0.3, 0.4) is 0 Å². The van der Waals surface area contributed by atoms with E-state index in [0.29, 0.717) is 0 Å². The maximum absolute atomic E-state index is 5.69. The van der Waals surface area contributed by atoms with Crippen LogP contribution in [0.5, 0.6) is 0 Å². The van der Waals surface area contributed by atoms with Crippen LogP contribution < -0.4 is 0 Å². The SMILES string of the molecule is CCC1=C(CC)c2cc3[nH]c(c(CC)c3CC)c3c4nc(cc5[nH]c(cc1n2)c(CC)c5CC)C(CC)(CC)c4cc1ccccc13. The van der Waals surface area contributed by atoms with Crippen LogP contribution in [0.25, 0.3) is 54.9 Å². The lowest BCUT2D eigenvalue weighted by Gasteiger charge is -2.28. The molecule has 5 heterocycles. The Bertz CT molecular complexity index is 2240. The predicted molar refractivity (Wildman–Crippen MR) is 202 cm³/mol. The van der Waals surface area contributed by atoms with E-state index >= 15 is 0 Å². The van der Waals surface area contributed by atoms with Gasteiger partial charge in [-0.25, -0.2) is 4.98 Å². The van der Waals surface area contributed by atoms with Gasteiger partial charge in [0.2, 0.25) is 0 Å². The number of aromatic nitrogens is 4. The highest BCUT2D eigenvalue weighted by molar-refractivity contribution is 6.16. The largest absolute Gasteiger partial charge is 0.355 e. The predicted octanol–water partition coefficient (Wildman–Crippen LogP) is 11.7. The van der Waals surface area contributed by atoms with Gasteiger partial charge < -0.3 is 9.97 Å². The summed E-state index contributed by atoms with van der Waals surface area (Å²) in [7, 11) is 0. The van der Waals surface area contributed by atoms with Crippen molar-refractivity contribution in [2.45, 2.75) is 112 Å². The summed E-state index contributed by atoms with van der Waals surface area (Å²) in [4.78, 5) is 19.0. The van der Waals surface area contributed by atoms with Crippen molar-refractivity contribution < 1.29 is 0 Å². The van der Waals surface area contributed by atoms with Gasteiger partial charge in [0.15, 0.2) is 0 Å². The van der Waals surface area contributed by atoms with Gasteiger partial charge in [-0.1, -0.05) is 79.7 Å². The molecule has 0 radical (unpaired) electrons. The zero-order valence-electron chi connectivity index (χ0n) is 29.7. The third-order valence-corrected chi connectivity index (χ3v) is 11.4. The van der Waals surface area contributed by atoms with Crippen LogP contribution in [0.4, 0.5) is 0 Å². The minimum atomic E-state index is -0.164. The van der Waals surface area contributed by atoms with E-state index in [1.165, 1.54) is 82.9 Å². The Hall–Kier alpha value is -4.18. The average Bonchev–Trinajstić information content (AvgIpc) is 3.81. The number of allylic oxidation sites excluding steroid dienone is 2. The molecule has 47 heavy (non-hydrogen) atoms. The second-order valence-corrected chi connectivity index (χ2v) is 13.3. The van der Waals surface area contributed by atoms with Crippen molar-refractivity contribution in [3.05, 3.63) is 93.4 Å². The zero-order chi connectivity index (χ0) is 33.0. The zero-order valence-corrected chi connectivity index (χ0v) is 29.7. The molecule has 0 atom stereocenters. The third kappa shape index (κ3) is 4.54. The van der Waals surface area contributed by atoms with Crippen molar-refractivity contribution in [2.24, 2.45) is 0 Å². The summed E-state index contributed by atoms with van der Waals surface area (Å²) in [5, 5.41) is 3.79. The second kappa shape index (κ2) is 12.1. The molecule has 4 nitrogen and oxygen atoms in total. The van der Waals surface area contributed by atoms with E-state index in [1.54, 1.807) is 0 Å². The van der Waals surface area contributed by atoms with E-state index in [9.17, 15) is 0 Å². The van der Waals surface area contributed by atoms with E-state index in [0.717, 1.165) is 68.3 Å².